The summed E-state index contributed by atoms with van der Waals surface area (Å²) >= 11 is 1.80. The molecule has 0 saturated carbocycles. The molecule has 0 aliphatic carbocycles. The molecule has 0 aromatic carbocycles. The van der Waals surface area contributed by atoms with Crippen molar-refractivity contribution in [2.24, 2.45) is 5.92 Å². The molecule has 1 aliphatic heterocycles. The molecule has 1 N–H and O–H groups in total. The maximum Gasteiger partial charge on any atom is 0.0278 e. The Morgan fingerprint density at radius 2 is 2.33 bits per heavy atom. The van der Waals surface area contributed by atoms with E-state index >= 15 is 0 Å². The lowest BCUT2D eigenvalue weighted by Gasteiger charge is -2.47. The number of rotatable bonds is 4. The van der Waals surface area contributed by atoms with Gasteiger partial charge < -0.3 is 5.32 Å². The van der Waals surface area contributed by atoms with Gasteiger partial charge in [-0.2, -0.15) is 11.3 Å². The number of hydrogen-bond acceptors (Lipinski definition) is 3. The van der Waals surface area contributed by atoms with Crippen molar-refractivity contribution < 1.29 is 0 Å². The lowest BCUT2D eigenvalue weighted by atomic mass is 9.89. The molecule has 102 valence electrons. The zero-order valence-corrected chi connectivity index (χ0v) is 12.9. The van der Waals surface area contributed by atoms with Gasteiger partial charge in [-0.25, -0.2) is 0 Å². The van der Waals surface area contributed by atoms with Gasteiger partial charge in [0.2, 0.25) is 0 Å². The van der Waals surface area contributed by atoms with Gasteiger partial charge in [0.05, 0.1) is 0 Å². The average molecular weight is 266 g/mol. The van der Waals surface area contributed by atoms with Crippen LogP contribution in [0.15, 0.2) is 16.8 Å². The first kappa shape index (κ1) is 14.0. The van der Waals surface area contributed by atoms with Crippen LogP contribution in [0.25, 0.3) is 0 Å². The molecule has 2 nitrogen and oxygen atoms in total. The van der Waals surface area contributed by atoms with E-state index in [2.05, 4.69) is 54.7 Å². The third-order valence-electron chi connectivity index (χ3n) is 4.27. The zero-order chi connectivity index (χ0) is 13.2. The van der Waals surface area contributed by atoms with Gasteiger partial charge in [-0.3, -0.25) is 4.90 Å². The Hall–Kier alpha value is -0.380. The average Bonchev–Trinajstić information content (AvgIpc) is 2.81. The Kier molecular flexibility index (Phi) is 4.46. The van der Waals surface area contributed by atoms with Gasteiger partial charge in [-0.15, -0.1) is 0 Å². The normalized spacial score (nSPS) is 29.9. The van der Waals surface area contributed by atoms with Crippen molar-refractivity contribution in [2.45, 2.75) is 52.2 Å². The second-order valence-electron chi connectivity index (χ2n) is 6.14. The maximum atomic E-state index is 3.75. The van der Waals surface area contributed by atoms with Crippen LogP contribution in [0.3, 0.4) is 0 Å². The molecule has 2 rings (SSSR count). The lowest BCUT2D eigenvalue weighted by Crippen LogP contribution is -2.63. The highest BCUT2D eigenvalue weighted by molar-refractivity contribution is 7.07. The summed E-state index contributed by atoms with van der Waals surface area (Å²) in [7, 11) is 0. The monoisotopic (exact) mass is 266 g/mol. The molecule has 2 atom stereocenters. The fourth-order valence-corrected chi connectivity index (χ4v) is 3.45. The van der Waals surface area contributed by atoms with Gasteiger partial charge in [0, 0.05) is 31.2 Å². The number of hydrogen-bond donors (Lipinski definition) is 1. The Balaban J connectivity index is 2.09. The minimum Gasteiger partial charge on any atom is -0.309 e. The molecule has 1 saturated heterocycles. The molecule has 18 heavy (non-hydrogen) atoms. The first-order valence-corrected chi connectivity index (χ1v) is 7.98. The molecule has 1 aromatic rings. The van der Waals surface area contributed by atoms with Crippen LogP contribution in [0.1, 0.15) is 39.7 Å². The van der Waals surface area contributed by atoms with E-state index in [9.17, 15) is 0 Å². The Morgan fingerprint density at radius 1 is 1.56 bits per heavy atom. The van der Waals surface area contributed by atoms with Crippen molar-refractivity contribution in [1.29, 1.82) is 0 Å². The van der Waals surface area contributed by atoms with E-state index in [1.807, 2.05) is 0 Å². The molecule has 0 amide bonds. The zero-order valence-electron chi connectivity index (χ0n) is 12.1. The van der Waals surface area contributed by atoms with E-state index < -0.39 is 0 Å². The van der Waals surface area contributed by atoms with Gasteiger partial charge >= 0.3 is 0 Å². The van der Waals surface area contributed by atoms with E-state index in [0.717, 1.165) is 19.6 Å². The standard InChI is InChI=1S/C15H26N2S/c1-5-15(4)11-17(9-13-6-7-18-10-13)14(8-16-15)12(2)3/h6-7,10,12,14,16H,5,8-9,11H2,1-4H3. The van der Waals surface area contributed by atoms with Gasteiger partial charge in [0.25, 0.3) is 0 Å². The van der Waals surface area contributed by atoms with Crippen LogP contribution < -0.4 is 5.32 Å². The molecule has 0 spiro atoms. The van der Waals surface area contributed by atoms with Crippen LogP contribution in [-0.4, -0.2) is 29.6 Å². The Labute approximate surface area is 115 Å². The fourth-order valence-electron chi connectivity index (χ4n) is 2.79. The van der Waals surface area contributed by atoms with Crippen LogP contribution in [0.4, 0.5) is 0 Å². The largest absolute Gasteiger partial charge is 0.309 e. The topological polar surface area (TPSA) is 15.3 Å². The number of thiophene rings is 1. The van der Waals surface area contributed by atoms with Crippen molar-refractivity contribution in [1.82, 2.24) is 10.2 Å². The summed E-state index contributed by atoms with van der Waals surface area (Å²) in [5, 5.41) is 8.21. The number of nitrogens with zero attached hydrogens (tertiary/aromatic N) is 1. The summed E-state index contributed by atoms with van der Waals surface area (Å²) in [6.07, 6.45) is 1.19. The van der Waals surface area contributed by atoms with Crippen LogP contribution in [0.5, 0.6) is 0 Å². The summed E-state index contributed by atoms with van der Waals surface area (Å²) in [6.45, 7) is 12.7. The molecule has 3 heteroatoms. The van der Waals surface area contributed by atoms with Crippen molar-refractivity contribution in [2.75, 3.05) is 13.1 Å². The molecule has 1 aliphatic rings. The second-order valence-corrected chi connectivity index (χ2v) is 6.92. The third-order valence-corrected chi connectivity index (χ3v) is 5.01. The predicted octanol–water partition coefficient (Wildman–Crippen LogP) is 3.35. The van der Waals surface area contributed by atoms with Crippen LogP contribution >= 0.6 is 11.3 Å². The summed E-state index contributed by atoms with van der Waals surface area (Å²) in [4.78, 5) is 2.67. The molecule has 1 aromatic heterocycles. The van der Waals surface area contributed by atoms with Gasteiger partial charge in [-0.05, 0) is 41.7 Å². The SMILES string of the molecule is CCC1(C)CN(Cc2ccsc2)C(C(C)C)CN1. The molecule has 0 radical (unpaired) electrons. The Morgan fingerprint density at radius 3 is 2.89 bits per heavy atom. The van der Waals surface area contributed by atoms with E-state index in [-0.39, 0.29) is 5.54 Å². The van der Waals surface area contributed by atoms with E-state index in [0.29, 0.717) is 12.0 Å². The smallest absolute Gasteiger partial charge is 0.0278 e. The molecular weight excluding hydrogens is 240 g/mol. The van der Waals surface area contributed by atoms with Crippen LogP contribution in [0, 0.1) is 5.92 Å². The van der Waals surface area contributed by atoms with E-state index in [4.69, 9.17) is 0 Å². The summed E-state index contributed by atoms with van der Waals surface area (Å²) in [5.41, 5.74) is 1.74. The maximum absolute atomic E-state index is 3.75. The molecule has 0 bridgehead atoms. The highest BCUT2D eigenvalue weighted by atomic mass is 32.1. The molecule has 1 fully saturated rings. The van der Waals surface area contributed by atoms with E-state index in [1.165, 1.54) is 12.0 Å². The van der Waals surface area contributed by atoms with Crippen LogP contribution in [0.2, 0.25) is 0 Å². The highest BCUT2D eigenvalue weighted by Crippen LogP contribution is 2.25. The third kappa shape index (κ3) is 3.14. The fraction of sp³-hybridized carbons (Fsp3) is 0.733. The van der Waals surface area contributed by atoms with Gasteiger partial charge in [0.1, 0.15) is 0 Å². The first-order chi connectivity index (χ1) is 8.54. The minimum atomic E-state index is 0.279. The first-order valence-electron chi connectivity index (χ1n) is 7.04. The molecule has 2 heterocycles. The predicted molar refractivity (Wildman–Crippen MR) is 80.1 cm³/mol. The molecular formula is C15H26N2S. The Bertz CT molecular complexity index is 361. The van der Waals surface area contributed by atoms with Crippen molar-refractivity contribution in [3.05, 3.63) is 22.4 Å². The van der Waals surface area contributed by atoms with Gasteiger partial charge in [-0.1, -0.05) is 20.8 Å². The molecule has 2 unspecified atom stereocenters. The van der Waals surface area contributed by atoms with Crippen molar-refractivity contribution in [3.8, 4) is 0 Å². The highest BCUT2D eigenvalue weighted by Gasteiger charge is 2.35. The summed E-state index contributed by atoms with van der Waals surface area (Å²) in [5.74, 6) is 0.706. The quantitative estimate of drug-likeness (QED) is 0.899. The number of nitrogens with one attached hydrogen (secondary N) is 1. The second kappa shape index (κ2) is 5.72. The van der Waals surface area contributed by atoms with E-state index in [1.54, 1.807) is 11.3 Å². The summed E-state index contributed by atoms with van der Waals surface area (Å²) in [6, 6.07) is 2.91. The minimum absolute atomic E-state index is 0.279. The lowest BCUT2D eigenvalue weighted by molar-refractivity contribution is 0.0540. The number of piperazine rings is 1. The van der Waals surface area contributed by atoms with Crippen molar-refractivity contribution >= 4 is 11.3 Å². The van der Waals surface area contributed by atoms with Crippen LogP contribution in [-0.2, 0) is 6.54 Å². The summed E-state index contributed by atoms with van der Waals surface area (Å²) < 4.78 is 0. The van der Waals surface area contributed by atoms with Crippen molar-refractivity contribution in [3.63, 3.8) is 0 Å². The van der Waals surface area contributed by atoms with Gasteiger partial charge in [0.15, 0.2) is 0 Å².